The topological polar surface area (TPSA) is 36.7 Å². The van der Waals surface area contributed by atoms with Crippen LogP contribution in [0.4, 0.5) is 13.2 Å². The number of nitriles is 1. The molecule has 0 unspecified atom stereocenters. The summed E-state index contributed by atoms with van der Waals surface area (Å²) in [4.78, 5) is 3.45. The first-order valence-electron chi connectivity index (χ1n) is 3.95. The maximum atomic E-state index is 12.4. The number of pyridine rings is 1. The minimum Gasteiger partial charge on any atom is -0.245 e. The molecule has 0 amide bonds. The Morgan fingerprint density at radius 1 is 1.50 bits per heavy atom. The third kappa shape index (κ3) is 2.02. The van der Waals surface area contributed by atoms with E-state index in [1.807, 2.05) is 0 Å². The quantitative estimate of drug-likeness (QED) is 0.698. The summed E-state index contributed by atoms with van der Waals surface area (Å²) < 4.78 is 37.1. The Hall–Kier alpha value is -1.57. The van der Waals surface area contributed by atoms with Gasteiger partial charge in [-0.2, -0.15) is 18.4 Å². The molecule has 0 radical (unpaired) electrons. The third-order valence-electron chi connectivity index (χ3n) is 1.76. The van der Waals surface area contributed by atoms with Crippen LogP contribution < -0.4 is 0 Å². The number of aryl methyl sites for hydroxylation is 1. The lowest BCUT2D eigenvalue weighted by molar-refractivity contribution is -0.138. The van der Waals surface area contributed by atoms with Crippen LogP contribution in [0, 0.1) is 11.3 Å². The van der Waals surface area contributed by atoms with Crippen molar-refractivity contribution in [3.05, 3.63) is 29.1 Å². The molecule has 0 aliphatic carbocycles. The molecule has 1 aromatic heterocycles. The van der Waals surface area contributed by atoms with E-state index in [0.29, 0.717) is 12.0 Å². The summed E-state index contributed by atoms with van der Waals surface area (Å²) in [5, 5.41) is 8.43. The molecule has 0 aliphatic heterocycles. The van der Waals surface area contributed by atoms with Gasteiger partial charge < -0.3 is 0 Å². The molecular weight excluding hydrogens is 193 g/mol. The van der Waals surface area contributed by atoms with Gasteiger partial charge in [0.05, 0.1) is 5.56 Å². The highest BCUT2D eigenvalue weighted by molar-refractivity contribution is 5.35. The van der Waals surface area contributed by atoms with Crippen molar-refractivity contribution < 1.29 is 13.2 Å². The predicted molar refractivity (Wildman–Crippen MR) is 43.3 cm³/mol. The van der Waals surface area contributed by atoms with E-state index >= 15 is 0 Å². The van der Waals surface area contributed by atoms with Gasteiger partial charge in [-0.15, -0.1) is 0 Å². The second-order valence-electron chi connectivity index (χ2n) is 2.70. The van der Waals surface area contributed by atoms with Gasteiger partial charge in [0, 0.05) is 6.20 Å². The van der Waals surface area contributed by atoms with Crippen LogP contribution in [0.15, 0.2) is 12.3 Å². The van der Waals surface area contributed by atoms with Crippen LogP contribution in [0.25, 0.3) is 0 Å². The van der Waals surface area contributed by atoms with Crippen molar-refractivity contribution in [1.29, 1.82) is 5.26 Å². The average Bonchev–Trinajstić information content (AvgIpc) is 2.15. The van der Waals surface area contributed by atoms with E-state index in [4.69, 9.17) is 5.26 Å². The van der Waals surface area contributed by atoms with Gasteiger partial charge in [-0.05, 0) is 18.1 Å². The highest BCUT2D eigenvalue weighted by atomic mass is 19.4. The van der Waals surface area contributed by atoms with E-state index in [9.17, 15) is 13.2 Å². The molecule has 0 bridgehead atoms. The van der Waals surface area contributed by atoms with Crippen molar-refractivity contribution in [2.45, 2.75) is 19.5 Å². The SMILES string of the molecule is CCc1cnc(C#N)c(C(F)(F)F)c1. The summed E-state index contributed by atoms with van der Waals surface area (Å²) in [5.41, 5.74) is -1.06. The van der Waals surface area contributed by atoms with Gasteiger partial charge in [0.25, 0.3) is 0 Å². The summed E-state index contributed by atoms with van der Waals surface area (Å²) in [6.07, 6.45) is -2.77. The van der Waals surface area contributed by atoms with Crippen molar-refractivity contribution in [2.75, 3.05) is 0 Å². The molecule has 1 aromatic rings. The van der Waals surface area contributed by atoms with E-state index in [0.717, 1.165) is 6.07 Å². The Bertz CT molecular complexity index is 377. The number of halogens is 3. The number of aromatic nitrogens is 1. The lowest BCUT2D eigenvalue weighted by atomic mass is 10.1. The van der Waals surface area contributed by atoms with E-state index in [2.05, 4.69) is 4.98 Å². The molecule has 14 heavy (non-hydrogen) atoms. The highest BCUT2D eigenvalue weighted by Gasteiger charge is 2.34. The monoisotopic (exact) mass is 200 g/mol. The molecule has 2 nitrogen and oxygen atoms in total. The molecule has 0 N–H and O–H groups in total. The number of rotatable bonds is 1. The zero-order valence-corrected chi connectivity index (χ0v) is 7.39. The van der Waals surface area contributed by atoms with Gasteiger partial charge in [0.1, 0.15) is 6.07 Å². The van der Waals surface area contributed by atoms with Gasteiger partial charge in [-0.3, -0.25) is 0 Å². The van der Waals surface area contributed by atoms with E-state index in [1.165, 1.54) is 12.3 Å². The number of alkyl halides is 3. The van der Waals surface area contributed by atoms with Gasteiger partial charge in [-0.25, -0.2) is 4.98 Å². The van der Waals surface area contributed by atoms with Crippen LogP contribution in [-0.4, -0.2) is 4.98 Å². The number of hydrogen-bond donors (Lipinski definition) is 0. The zero-order valence-electron chi connectivity index (χ0n) is 7.39. The van der Waals surface area contributed by atoms with Gasteiger partial charge >= 0.3 is 6.18 Å². The zero-order chi connectivity index (χ0) is 10.8. The maximum absolute atomic E-state index is 12.4. The second-order valence-corrected chi connectivity index (χ2v) is 2.70. The normalized spacial score (nSPS) is 11.1. The summed E-state index contributed by atoms with van der Waals surface area (Å²) in [7, 11) is 0. The fourth-order valence-corrected chi connectivity index (χ4v) is 1.01. The maximum Gasteiger partial charge on any atom is 0.419 e. The van der Waals surface area contributed by atoms with Gasteiger partial charge in [0.2, 0.25) is 0 Å². The molecule has 0 atom stereocenters. The van der Waals surface area contributed by atoms with E-state index in [-0.39, 0.29) is 0 Å². The van der Waals surface area contributed by atoms with Crippen LogP contribution in [0.5, 0.6) is 0 Å². The summed E-state index contributed by atoms with van der Waals surface area (Å²) in [6.45, 7) is 1.73. The minimum atomic E-state index is -4.51. The Kier molecular flexibility index (Phi) is 2.75. The third-order valence-corrected chi connectivity index (χ3v) is 1.76. The van der Waals surface area contributed by atoms with Crippen molar-refractivity contribution in [3.63, 3.8) is 0 Å². The summed E-state index contributed by atoms with van der Waals surface area (Å²) >= 11 is 0. The number of hydrogen-bond acceptors (Lipinski definition) is 2. The van der Waals surface area contributed by atoms with Crippen LogP contribution in [0.3, 0.4) is 0 Å². The van der Waals surface area contributed by atoms with Crippen LogP contribution in [-0.2, 0) is 12.6 Å². The molecule has 0 saturated carbocycles. The Balaban J connectivity index is 3.31. The van der Waals surface area contributed by atoms with Crippen molar-refractivity contribution in [1.82, 2.24) is 4.98 Å². The molecule has 74 valence electrons. The fraction of sp³-hybridized carbons (Fsp3) is 0.333. The van der Waals surface area contributed by atoms with Crippen LogP contribution in [0.2, 0.25) is 0 Å². The minimum absolute atomic E-state index is 0.460. The van der Waals surface area contributed by atoms with Crippen molar-refractivity contribution in [2.24, 2.45) is 0 Å². The molecule has 5 heteroatoms. The molecule has 0 fully saturated rings. The van der Waals surface area contributed by atoms with Crippen LogP contribution in [0.1, 0.15) is 23.7 Å². The molecule has 1 rings (SSSR count). The van der Waals surface area contributed by atoms with Crippen molar-refractivity contribution in [3.8, 4) is 6.07 Å². The largest absolute Gasteiger partial charge is 0.419 e. The Morgan fingerprint density at radius 3 is 2.57 bits per heavy atom. The first kappa shape index (κ1) is 10.5. The smallest absolute Gasteiger partial charge is 0.245 e. The molecule has 1 heterocycles. The molecule has 0 saturated heterocycles. The highest BCUT2D eigenvalue weighted by Crippen LogP contribution is 2.31. The fourth-order valence-electron chi connectivity index (χ4n) is 1.01. The van der Waals surface area contributed by atoms with Gasteiger partial charge in [0.15, 0.2) is 5.69 Å². The molecule has 0 spiro atoms. The van der Waals surface area contributed by atoms with Crippen LogP contribution >= 0.6 is 0 Å². The summed E-state index contributed by atoms with van der Waals surface area (Å²) in [6, 6.07) is 2.39. The van der Waals surface area contributed by atoms with Crippen molar-refractivity contribution >= 4 is 0 Å². The molecular formula is C9H7F3N2. The van der Waals surface area contributed by atoms with E-state index in [1.54, 1.807) is 6.92 Å². The lowest BCUT2D eigenvalue weighted by Gasteiger charge is -2.08. The number of nitrogens with zero attached hydrogens (tertiary/aromatic N) is 2. The summed E-state index contributed by atoms with van der Waals surface area (Å²) in [5.74, 6) is 0. The predicted octanol–water partition coefficient (Wildman–Crippen LogP) is 2.53. The average molecular weight is 200 g/mol. The molecule has 0 aromatic carbocycles. The van der Waals surface area contributed by atoms with Gasteiger partial charge in [-0.1, -0.05) is 6.92 Å². The second kappa shape index (κ2) is 3.66. The standard InChI is InChI=1S/C9H7F3N2/c1-2-6-3-7(9(10,11)12)8(4-13)14-5-6/h3,5H,2H2,1H3. The van der Waals surface area contributed by atoms with E-state index < -0.39 is 17.4 Å². The Morgan fingerprint density at radius 2 is 2.14 bits per heavy atom. The first-order valence-corrected chi connectivity index (χ1v) is 3.95. The Labute approximate surface area is 79.0 Å². The molecule has 0 aliphatic rings. The first-order chi connectivity index (χ1) is 6.49. The lowest BCUT2D eigenvalue weighted by Crippen LogP contribution is -2.10.